The predicted octanol–water partition coefficient (Wildman–Crippen LogP) is 4.62. The molecule has 2 N–H and O–H groups in total. The Kier molecular flexibility index (Phi) is 5.78. The number of methoxy groups -OCH3 is 1. The molecular weight excluding hydrogens is 391 g/mol. The first-order chi connectivity index (χ1) is 13.5. The number of halogens is 1. The van der Waals surface area contributed by atoms with Crippen molar-refractivity contribution >= 4 is 23.2 Å². The standard InChI is InChI=1S/C21H27FN4O2S/c1-20(2,3)29-16-11-26-14(10-23-19(26)9-15(16)28-6)13-7-17(22)24-18(8-13)25-21(4,5)12-27/h7-11,27H,12H2,1-6H3,(H,24,25). The number of thioether (sulfide) groups is 1. The molecule has 0 bridgehead atoms. The Balaban J connectivity index is 2.10. The third kappa shape index (κ3) is 5.00. The maximum absolute atomic E-state index is 14.3. The van der Waals surface area contributed by atoms with Gasteiger partial charge in [-0.25, -0.2) is 9.97 Å². The van der Waals surface area contributed by atoms with Crippen LogP contribution in [0.25, 0.3) is 16.9 Å². The average molecular weight is 419 g/mol. The molecule has 0 fully saturated rings. The van der Waals surface area contributed by atoms with Gasteiger partial charge in [0.1, 0.15) is 17.2 Å². The van der Waals surface area contributed by atoms with E-state index in [1.807, 2.05) is 30.5 Å². The summed E-state index contributed by atoms with van der Waals surface area (Å²) in [7, 11) is 1.64. The Morgan fingerprint density at radius 2 is 1.93 bits per heavy atom. The Bertz CT molecular complexity index is 1030. The summed E-state index contributed by atoms with van der Waals surface area (Å²) in [5.41, 5.74) is 1.46. The van der Waals surface area contributed by atoms with Gasteiger partial charge in [0.25, 0.3) is 0 Å². The third-order valence-corrected chi connectivity index (χ3v) is 5.30. The fourth-order valence-electron chi connectivity index (χ4n) is 2.86. The summed E-state index contributed by atoms with van der Waals surface area (Å²) in [6, 6.07) is 5.01. The highest BCUT2D eigenvalue weighted by molar-refractivity contribution is 8.00. The van der Waals surface area contributed by atoms with Crippen LogP contribution in [0.1, 0.15) is 34.6 Å². The van der Waals surface area contributed by atoms with Gasteiger partial charge in [0, 0.05) is 28.6 Å². The maximum Gasteiger partial charge on any atom is 0.215 e. The molecule has 3 heterocycles. The van der Waals surface area contributed by atoms with Gasteiger partial charge < -0.3 is 15.2 Å². The fourth-order valence-corrected chi connectivity index (χ4v) is 3.92. The zero-order chi connectivity index (χ0) is 21.4. The van der Waals surface area contributed by atoms with Crippen molar-refractivity contribution in [2.24, 2.45) is 0 Å². The number of pyridine rings is 2. The predicted molar refractivity (Wildman–Crippen MR) is 115 cm³/mol. The lowest BCUT2D eigenvalue weighted by Gasteiger charge is -2.24. The lowest BCUT2D eigenvalue weighted by molar-refractivity contribution is 0.233. The molecule has 0 aliphatic heterocycles. The van der Waals surface area contributed by atoms with Gasteiger partial charge in [-0.1, -0.05) is 20.8 Å². The van der Waals surface area contributed by atoms with Gasteiger partial charge in [0.2, 0.25) is 5.95 Å². The molecule has 0 amide bonds. The molecule has 0 saturated heterocycles. The molecular formula is C21H27FN4O2S. The minimum atomic E-state index is -0.624. The van der Waals surface area contributed by atoms with Crippen LogP contribution in [0.3, 0.4) is 0 Å². The van der Waals surface area contributed by atoms with Crippen LogP contribution >= 0.6 is 11.8 Å². The number of aromatic nitrogens is 3. The largest absolute Gasteiger partial charge is 0.495 e. The molecule has 156 valence electrons. The van der Waals surface area contributed by atoms with E-state index in [1.54, 1.807) is 31.1 Å². The molecule has 0 saturated carbocycles. The van der Waals surface area contributed by atoms with E-state index >= 15 is 0 Å². The Hall–Kier alpha value is -2.32. The second-order valence-corrected chi connectivity index (χ2v) is 10.4. The molecule has 3 aromatic heterocycles. The molecule has 0 atom stereocenters. The van der Waals surface area contributed by atoms with Crippen LogP contribution in [-0.2, 0) is 0 Å². The van der Waals surface area contributed by atoms with Gasteiger partial charge in [0.15, 0.2) is 0 Å². The highest BCUT2D eigenvalue weighted by Gasteiger charge is 2.20. The van der Waals surface area contributed by atoms with E-state index in [-0.39, 0.29) is 11.4 Å². The minimum absolute atomic E-state index is 0.00254. The van der Waals surface area contributed by atoms with Gasteiger partial charge in [-0.05, 0) is 19.9 Å². The normalized spacial score (nSPS) is 12.4. The van der Waals surface area contributed by atoms with Crippen molar-refractivity contribution in [2.75, 3.05) is 19.0 Å². The molecule has 0 unspecified atom stereocenters. The SMILES string of the molecule is COc1cc2ncc(-c3cc(F)nc(NC(C)(C)CO)c3)n2cc1SC(C)(C)C. The number of imidazole rings is 1. The molecule has 0 spiro atoms. The number of ether oxygens (including phenoxy) is 1. The number of hydrogen-bond acceptors (Lipinski definition) is 6. The first-order valence-electron chi connectivity index (χ1n) is 9.32. The van der Waals surface area contributed by atoms with E-state index in [4.69, 9.17) is 4.74 Å². The molecule has 0 aliphatic rings. The monoisotopic (exact) mass is 418 g/mol. The molecule has 0 aliphatic carbocycles. The van der Waals surface area contributed by atoms with E-state index in [0.717, 1.165) is 16.3 Å². The topological polar surface area (TPSA) is 71.7 Å². The summed E-state index contributed by atoms with van der Waals surface area (Å²) in [5.74, 6) is 0.501. The van der Waals surface area contributed by atoms with Crippen LogP contribution in [-0.4, -0.2) is 43.5 Å². The van der Waals surface area contributed by atoms with Crippen LogP contribution in [0.5, 0.6) is 5.75 Å². The number of nitrogens with one attached hydrogen (secondary N) is 1. The van der Waals surface area contributed by atoms with E-state index in [0.29, 0.717) is 17.0 Å². The second kappa shape index (κ2) is 7.84. The fraction of sp³-hybridized carbons (Fsp3) is 0.429. The molecule has 3 aromatic rings. The Morgan fingerprint density at radius 1 is 1.21 bits per heavy atom. The van der Waals surface area contributed by atoms with Crippen molar-refractivity contribution in [3.8, 4) is 17.0 Å². The molecule has 8 heteroatoms. The Labute approximate surface area is 174 Å². The van der Waals surface area contributed by atoms with Crippen molar-refractivity contribution < 1.29 is 14.2 Å². The van der Waals surface area contributed by atoms with Crippen molar-refractivity contribution in [3.63, 3.8) is 0 Å². The van der Waals surface area contributed by atoms with Crippen molar-refractivity contribution in [1.29, 1.82) is 0 Å². The first kappa shape index (κ1) is 21.4. The summed E-state index contributed by atoms with van der Waals surface area (Å²) in [6.07, 6.45) is 3.67. The molecule has 6 nitrogen and oxygen atoms in total. The van der Waals surface area contributed by atoms with Gasteiger partial charge in [-0.15, -0.1) is 11.8 Å². The highest BCUT2D eigenvalue weighted by atomic mass is 32.2. The van der Waals surface area contributed by atoms with Gasteiger partial charge >= 0.3 is 0 Å². The summed E-state index contributed by atoms with van der Waals surface area (Å²) in [4.78, 5) is 9.34. The molecule has 0 aromatic carbocycles. The number of fused-ring (bicyclic) bond motifs is 1. The van der Waals surface area contributed by atoms with Gasteiger partial charge in [0.05, 0.1) is 36.0 Å². The Morgan fingerprint density at radius 3 is 2.55 bits per heavy atom. The quantitative estimate of drug-likeness (QED) is 0.450. The van der Waals surface area contributed by atoms with Crippen LogP contribution in [0, 0.1) is 5.95 Å². The van der Waals surface area contributed by atoms with E-state index in [1.165, 1.54) is 6.07 Å². The number of aliphatic hydroxyl groups is 1. The number of hydrogen-bond donors (Lipinski definition) is 2. The van der Waals surface area contributed by atoms with Crippen LogP contribution in [0.2, 0.25) is 0 Å². The van der Waals surface area contributed by atoms with Crippen molar-refractivity contribution in [1.82, 2.24) is 14.4 Å². The molecule has 0 radical (unpaired) electrons. The zero-order valence-electron chi connectivity index (χ0n) is 17.6. The van der Waals surface area contributed by atoms with Crippen LogP contribution in [0.15, 0.2) is 35.5 Å². The zero-order valence-corrected chi connectivity index (χ0v) is 18.4. The second-order valence-electron chi connectivity index (χ2n) is 8.52. The van der Waals surface area contributed by atoms with Crippen LogP contribution in [0.4, 0.5) is 10.2 Å². The lowest BCUT2D eigenvalue weighted by Crippen LogP contribution is -2.35. The summed E-state index contributed by atoms with van der Waals surface area (Å²) < 4.78 is 21.7. The summed E-state index contributed by atoms with van der Waals surface area (Å²) >= 11 is 1.69. The highest BCUT2D eigenvalue weighted by Crippen LogP contribution is 2.39. The van der Waals surface area contributed by atoms with Gasteiger partial charge in [-0.3, -0.25) is 4.40 Å². The van der Waals surface area contributed by atoms with Crippen molar-refractivity contribution in [2.45, 2.75) is 49.8 Å². The summed E-state index contributed by atoms with van der Waals surface area (Å²) in [6.45, 7) is 9.93. The van der Waals surface area contributed by atoms with Crippen LogP contribution < -0.4 is 10.1 Å². The number of aliphatic hydroxyl groups excluding tert-OH is 1. The maximum atomic E-state index is 14.3. The van der Waals surface area contributed by atoms with E-state index in [2.05, 4.69) is 36.1 Å². The molecule has 3 rings (SSSR count). The van der Waals surface area contributed by atoms with Gasteiger partial charge in [-0.2, -0.15) is 4.39 Å². The minimum Gasteiger partial charge on any atom is -0.495 e. The lowest BCUT2D eigenvalue weighted by atomic mass is 10.1. The van der Waals surface area contributed by atoms with E-state index in [9.17, 15) is 9.50 Å². The number of rotatable bonds is 6. The van der Waals surface area contributed by atoms with E-state index < -0.39 is 11.5 Å². The number of nitrogens with zero attached hydrogens (tertiary/aromatic N) is 3. The number of anilines is 1. The smallest absolute Gasteiger partial charge is 0.215 e. The van der Waals surface area contributed by atoms with Crippen molar-refractivity contribution in [3.05, 3.63) is 36.5 Å². The third-order valence-electron chi connectivity index (χ3n) is 4.16. The molecule has 29 heavy (non-hydrogen) atoms. The average Bonchev–Trinajstić information content (AvgIpc) is 3.01. The summed E-state index contributed by atoms with van der Waals surface area (Å²) in [5, 5.41) is 12.5. The first-order valence-corrected chi connectivity index (χ1v) is 10.1.